The second-order valence-corrected chi connectivity index (χ2v) is 6.80. The average Bonchev–Trinajstić information content (AvgIpc) is 3.00. The van der Waals surface area contributed by atoms with Crippen LogP contribution in [0.4, 0.5) is 5.95 Å². The molecule has 6 nitrogen and oxygen atoms in total. The van der Waals surface area contributed by atoms with E-state index >= 15 is 0 Å². The number of aromatic nitrogens is 5. The fourth-order valence-electron chi connectivity index (χ4n) is 1.82. The van der Waals surface area contributed by atoms with E-state index in [0.717, 1.165) is 22.4 Å². The molecule has 0 atom stereocenters. The van der Waals surface area contributed by atoms with Crippen molar-refractivity contribution < 1.29 is 0 Å². The summed E-state index contributed by atoms with van der Waals surface area (Å²) in [6.07, 6.45) is 2.34. The molecule has 0 N–H and O–H groups in total. The van der Waals surface area contributed by atoms with Crippen LogP contribution in [0.25, 0.3) is 0 Å². The van der Waals surface area contributed by atoms with Crippen LogP contribution in [0.15, 0.2) is 9.50 Å². The molecule has 100 valence electrons. The smallest absolute Gasteiger partial charge is 0.230 e. The third-order valence-electron chi connectivity index (χ3n) is 2.65. The number of aryl methyl sites for hydroxylation is 1. The topological polar surface area (TPSA) is 67.7 Å². The van der Waals surface area contributed by atoms with E-state index in [9.17, 15) is 0 Å². The lowest BCUT2D eigenvalue weighted by Gasteiger charge is -2.14. The lowest BCUT2D eigenvalue weighted by atomic mass is 10.4. The van der Waals surface area contributed by atoms with Gasteiger partial charge in [-0.05, 0) is 43.1 Å². The molecule has 19 heavy (non-hydrogen) atoms. The van der Waals surface area contributed by atoms with Crippen LogP contribution >= 0.6 is 34.7 Å². The van der Waals surface area contributed by atoms with E-state index in [0.29, 0.717) is 11.1 Å². The van der Waals surface area contributed by atoms with Gasteiger partial charge in [0.2, 0.25) is 16.4 Å². The van der Waals surface area contributed by atoms with E-state index < -0.39 is 0 Å². The monoisotopic (exact) mass is 314 g/mol. The Morgan fingerprint density at radius 2 is 1.95 bits per heavy atom. The summed E-state index contributed by atoms with van der Waals surface area (Å²) in [7, 11) is 0. The first-order chi connectivity index (χ1) is 9.20. The van der Waals surface area contributed by atoms with Crippen LogP contribution in [-0.4, -0.2) is 38.2 Å². The van der Waals surface area contributed by atoms with Crippen LogP contribution in [-0.2, 0) is 0 Å². The number of anilines is 1. The van der Waals surface area contributed by atoms with Crippen LogP contribution in [0.1, 0.15) is 17.8 Å². The number of rotatable bonds is 3. The minimum Gasteiger partial charge on any atom is -0.341 e. The van der Waals surface area contributed by atoms with Gasteiger partial charge >= 0.3 is 0 Å². The van der Waals surface area contributed by atoms with Gasteiger partial charge in [0.25, 0.3) is 0 Å². The normalized spacial score (nSPS) is 15.2. The van der Waals surface area contributed by atoms with Crippen LogP contribution in [0.3, 0.4) is 0 Å². The number of nitrogens with zero attached hydrogens (tertiary/aromatic N) is 6. The van der Waals surface area contributed by atoms with Crippen LogP contribution < -0.4 is 4.90 Å². The highest BCUT2D eigenvalue weighted by atomic mass is 35.5. The number of hydrogen-bond donors (Lipinski definition) is 0. The summed E-state index contributed by atoms with van der Waals surface area (Å²) in [4.78, 5) is 14.9. The Balaban J connectivity index is 1.84. The Labute approximate surface area is 123 Å². The molecule has 2 aromatic heterocycles. The molecular formula is C10H11ClN6S2. The molecular weight excluding hydrogens is 304 g/mol. The van der Waals surface area contributed by atoms with E-state index in [1.165, 1.54) is 35.9 Å². The lowest BCUT2D eigenvalue weighted by molar-refractivity contribution is 0.825. The highest BCUT2D eigenvalue weighted by molar-refractivity contribution is 8.00. The van der Waals surface area contributed by atoms with Gasteiger partial charge in [-0.1, -0.05) is 11.3 Å². The third-order valence-corrected chi connectivity index (χ3v) is 4.57. The van der Waals surface area contributed by atoms with Crippen molar-refractivity contribution in [3.05, 3.63) is 10.3 Å². The van der Waals surface area contributed by atoms with Crippen LogP contribution in [0.5, 0.6) is 0 Å². The van der Waals surface area contributed by atoms with Gasteiger partial charge in [-0.3, -0.25) is 0 Å². The lowest BCUT2D eigenvalue weighted by Crippen LogP contribution is -2.21. The first-order valence-electron chi connectivity index (χ1n) is 5.85. The molecule has 0 aliphatic carbocycles. The first-order valence-corrected chi connectivity index (χ1v) is 7.86. The zero-order chi connectivity index (χ0) is 13.2. The molecule has 0 amide bonds. The molecule has 0 unspecified atom stereocenters. The van der Waals surface area contributed by atoms with Crippen molar-refractivity contribution in [2.24, 2.45) is 0 Å². The van der Waals surface area contributed by atoms with Crippen molar-refractivity contribution in [1.29, 1.82) is 0 Å². The molecule has 3 rings (SSSR count). The predicted octanol–water partition coefficient (Wildman–Crippen LogP) is 2.44. The molecule has 0 bridgehead atoms. The summed E-state index contributed by atoms with van der Waals surface area (Å²) in [6.45, 7) is 3.86. The molecule has 0 spiro atoms. The SMILES string of the molecule is Cc1nnc(Sc2nc(Cl)nc(N3CCCC3)n2)s1. The summed E-state index contributed by atoms with van der Waals surface area (Å²) < 4.78 is 0.812. The van der Waals surface area contributed by atoms with Crippen molar-refractivity contribution in [3.63, 3.8) is 0 Å². The minimum atomic E-state index is 0.223. The second-order valence-electron chi connectivity index (χ2n) is 4.07. The standard InChI is InChI=1S/C10H11ClN6S2/c1-6-15-16-10(18-6)19-9-13-7(11)12-8(14-9)17-4-2-3-5-17/h2-5H2,1H3. The molecule has 2 aromatic rings. The van der Waals surface area contributed by atoms with Crippen molar-refractivity contribution >= 4 is 40.6 Å². The summed E-state index contributed by atoms with van der Waals surface area (Å²) in [5.74, 6) is 0.654. The molecule has 1 saturated heterocycles. The van der Waals surface area contributed by atoms with Crippen LogP contribution in [0.2, 0.25) is 5.28 Å². The molecule has 1 aliphatic rings. The van der Waals surface area contributed by atoms with Gasteiger partial charge in [-0.25, -0.2) is 0 Å². The Morgan fingerprint density at radius 1 is 1.16 bits per heavy atom. The Hall–Kier alpha value is -0.990. The van der Waals surface area contributed by atoms with Crippen LogP contribution in [0, 0.1) is 6.92 Å². The molecule has 0 radical (unpaired) electrons. The fraction of sp³-hybridized carbons (Fsp3) is 0.500. The highest BCUT2D eigenvalue weighted by Gasteiger charge is 2.17. The zero-order valence-electron chi connectivity index (χ0n) is 10.2. The van der Waals surface area contributed by atoms with E-state index in [1.807, 2.05) is 6.92 Å². The van der Waals surface area contributed by atoms with Crippen molar-refractivity contribution in [2.45, 2.75) is 29.3 Å². The Bertz CT molecular complexity index is 583. The van der Waals surface area contributed by atoms with E-state index in [4.69, 9.17) is 11.6 Å². The molecule has 0 saturated carbocycles. The van der Waals surface area contributed by atoms with E-state index in [-0.39, 0.29) is 5.28 Å². The molecule has 0 aromatic carbocycles. The molecule has 1 fully saturated rings. The maximum atomic E-state index is 5.97. The minimum absolute atomic E-state index is 0.223. The maximum absolute atomic E-state index is 5.97. The molecule has 1 aliphatic heterocycles. The van der Waals surface area contributed by atoms with E-state index in [2.05, 4.69) is 30.0 Å². The van der Waals surface area contributed by atoms with Crippen molar-refractivity contribution in [1.82, 2.24) is 25.1 Å². The molecule has 3 heterocycles. The number of halogens is 1. The summed E-state index contributed by atoms with van der Waals surface area (Å²) in [6, 6.07) is 0. The van der Waals surface area contributed by atoms with Gasteiger partial charge < -0.3 is 4.90 Å². The van der Waals surface area contributed by atoms with Gasteiger partial charge in [-0.15, -0.1) is 10.2 Å². The predicted molar refractivity (Wildman–Crippen MR) is 75.1 cm³/mol. The summed E-state index contributed by atoms with van der Waals surface area (Å²) in [5.41, 5.74) is 0. The van der Waals surface area contributed by atoms with Gasteiger partial charge in [-0.2, -0.15) is 15.0 Å². The van der Waals surface area contributed by atoms with Gasteiger partial charge in [0.05, 0.1) is 0 Å². The second kappa shape index (κ2) is 5.56. The fourth-order valence-corrected chi connectivity index (χ4v) is 3.70. The highest BCUT2D eigenvalue weighted by Crippen LogP contribution is 2.29. The van der Waals surface area contributed by atoms with Gasteiger partial charge in [0.1, 0.15) is 5.01 Å². The summed E-state index contributed by atoms with van der Waals surface area (Å²) >= 11 is 8.84. The molecule has 9 heteroatoms. The largest absolute Gasteiger partial charge is 0.341 e. The van der Waals surface area contributed by atoms with Gasteiger partial charge in [0.15, 0.2) is 4.34 Å². The zero-order valence-corrected chi connectivity index (χ0v) is 12.6. The summed E-state index contributed by atoms with van der Waals surface area (Å²) in [5, 5.41) is 9.72. The van der Waals surface area contributed by atoms with Crippen molar-refractivity contribution in [3.8, 4) is 0 Å². The quantitative estimate of drug-likeness (QED) is 0.861. The average molecular weight is 315 g/mol. The van der Waals surface area contributed by atoms with E-state index in [1.54, 1.807) is 0 Å². The maximum Gasteiger partial charge on any atom is 0.230 e. The first kappa shape index (κ1) is 13.0. The Kier molecular flexibility index (Phi) is 3.81. The van der Waals surface area contributed by atoms with Gasteiger partial charge in [0, 0.05) is 13.1 Å². The third kappa shape index (κ3) is 3.13. The van der Waals surface area contributed by atoms with Crippen molar-refractivity contribution in [2.75, 3.05) is 18.0 Å². The Morgan fingerprint density at radius 3 is 2.63 bits per heavy atom. The number of hydrogen-bond acceptors (Lipinski definition) is 8.